The molecule has 5 heteroatoms. The van der Waals surface area contributed by atoms with Gasteiger partial charge in [-0.05, 0) is 0 Å². The zero-order chi connectivity index (χ0) is 6.00. The van der Waals surface area contributed by atoms with E-state index < -0.39 is 0 Å². The normalized spacial score (nSPS) is 2.25. The summed E-state index contributed by atoms with van der Waals surface area (Å²) in [5.74, 6) is 0. The van der Waals surface area contributed by atoms with Gasteiger partial charge >= 0.3 is 0 Å². The molecule has 1 radical (unpaired) electrons. The van der Waals surface area contributed by atoms with Crippen molar-refractivity contribution in [3.63, 3.8) is 0 Å². The Kier molecular flexibility index (Phi) is 8420. The van der Waals surface area contributed by atoms with Crippen LogP contribution in [0.2, 0.25) is 0 Å². The van der Waals surface area contributed by atoms with Gasteiger partial charge in [-0.2, -0.15) is 21.3 Å². The van der Waals surface area contributed by atoms with Crippen LogP contribution in [-0.2, 0) is 18.6 Å². The largest absolute Gasteiger partial charge is 0.857 e. The molecule has 0 heterocycles. The van der Waals surface area contributed by atoms with E-state index in [-0.39, 0.29) is 24.0 Å². The maximum absolute atomic E-state index is 8.25. The predicted molar refractivity (Wildman–Crippen MR) is 21.4 cm³/mol. The van der Waals surface area contributed by atoms with Crippen molar-refractivity contribution >= 4 is 0 Å². The molecule has 0 saturated heterocycles. The Morgan fingerprint density at radius 3 is 0.625 bits per heavy atom. The first kappa shape index (κ1) is 39.6. The molecule has 0 atom stereocenters. The molecular weight excluding hydrogens is 151 g/mol. The van der Waals surface area contributed by atoms with Crippen LogP contribution >= 0.6 is 0 Å². The van der Waals surface area contributed by atoms with Gasteiger partial charge in [0.25, 0.3) is 0 Å². The molecule has 0 aliphatic rings. The molecule has 2 N–H and O–H groups in total. The molecule has 0 fully saturated rings. The fourth-order valence-corrected chi connectivity index (χ4v) is 0. The van der Waals surface area contributed by atoms with Gasteiger partial charge < -0.3 is 20.8 Å². The van der Waals surface area contributed by atoms with E-state index in [4.69, 9.17) is 15.3 Å². The second kappa shape index (κ2) is 1700. The fraction of sp³-hybridized carbons (Fsp3) is 1.00. The van der Waals surface area contributed by atoms with Gasteiger partial charge in [-0.1, -0.05) is 0 Å². The van der Waals surface area contributed by atoms with E-state index in [0.717, 1.165) is 21.3 Å². The average Bonchev–Trinajstić information content (AvgIpc) is 1.81. The third kappa shape index (κ3) is 1050. The van der Waals surface area contributed by atoms with Crippen molar-refractivity contribution in [2.75, 3.05) is 21.3 Å². The topological polar surface area (TPSA) is 101 Å². The summed E-state index contributed by atoms with van der Waals surface area (Å²) >= 11 is 0. The molecule has 0 rings (SSSR count). The summed E-state index contributed by atoms with van der Waals surface area (Å²) in [4.78, 5) is 0. The Morgan fingerprint density at radius 1 is 0.625 bits per heavy atom. The first-order valence-electron chi connectivity index (χ1n) is 1.22. The smallest absolute Gasteiger partial charge is 0 e. The third-order valence-corrected chi connectivity index (χ3v) is 0. The predicted octanol–water partition coefficient (Wildman–Crippen LogP) is -3.90. The molecule has 8 heavy (non-hydrogen) atoms. The van der Waals surface area contributed by atoms with Crippen LogP contribution in [0.4, 0.5) is 0 Å². The standard InChI is InChI=1S/3CH3O.H2O.V/c3*1-2;;/h3*1H3;1H2;/q3*-1;;. The Morgan fingerprint density at radius 2 is 0.625 bits per heavy atom. The van der Waals surface area contributed by atoms with E-state index in [2.05, 4.69) is 0 Å². The molecule has 0 aliphatic carbocycles. The number of hydrogen-bond acceptors (Lipinski definition) is 3. The average molecular weight is 162 g/mol. The second-order valence-corrected chi connectivity index (χ2v) is 0. The van der Waals surface area contributed by atoms with Crippen LogP contribution in [-0.4, -0.2) is 26.8 Å². The van der Waals surface area contributed by atoms with E-state index in [0.29, 0.717) is 0 Å². The minimum absolute atomic E-state index is 0. The Labute approximate surface area is 61.4 Å². The van der Waals surface area contributed by atoms with Crippen molar-refractivity contribution in [3.8, 4) is 0 Å². The van der Waals surface area contributed by atoms with Crippen LogP contribution in [0.25, 0.3) is 0 Å². The molecular formula is C3H11O4V-3. The second-order valence-electron chi connectivity index (χ2n) is 0. The minimum atomic E-state index is 0. The summed E-state index contributed by atoms with van der Waals surface area (Å²) in [6, 6.07) is 0. The van der Waals surface area contributed by atoms with Crippen LogP contribution in [0.1, 0.15) is 0 Å². The van der Waals surface area contributed by atoms with Gasteiger partial charge in [-0.15, -0.1) is 0 Å². The molecule has 4 nitrogen and oxygen atoms in total. The van der Waals surface area contributed by atoms with Gasteiger partial charge in [0.2, 0.25) is 0 Å². The summed E-state index contributed by atoms with van der Waals surface area (Å²) in [7, 11) is 2.25. The van der Waals surface area contributed by atoms with E-state index in [1.165, 1.54) is 0 Å². The molecule has 0 aromatic carbocycles. The van der Waals surface area contributed by atoms with Crippen LogP contribution in [0.5, 0.6) is 0 Å². The molecule has 55 valence electrons. The number of hydrogen-bond donors (Lipinski definition) is 0. The van der Waals surface area contributed by atoms with Gasteiger partial charge in [0.1, 0.15) is 0 Å². The van der Waals surface area contributed by atoms with Gasteiger partial charge in [-0.3, -0.25) is 0 Å². The van der Waals surface area contributed by atoms with Crippen molar-refractivity contribution in [3.05, 3.63) is 0 Å². The fourth-order valence-electron chi connectivity index (χ4n) is 0. The molecule has 0 unspecified atom stereocenters. The van der Waals surface area contributed by atoms with E-state index in [1.54, 1.807) is 0 Å². The van der Waals surface area contributed by atoms with Crippen LogP contribution in [0, 0.1) is 0 Å². The summed E-state index contributed by atoms with van der Waals surface area (Å²) in [5.41, 5.74) is 0. The minimum Gasteiger partial charge on any atom is -0.857 e. The summed E-state index contributed by atoms with van der Waals surface area (Å²) < 4.78 is 0. The van der Waals surface area contributed by atoms with Crippen molar-refractivity contribution < 1.29 is 39.4 Å². The van der Waals surface area contributed by atoms with Gasteiger partial charge in [0.15, 0.2) is 0 Å². The van der Waals surface area contributed by atoms with E-state index in [1.807, 2.05) is 0 Å². The zero-order valence-corrected chi connectivity index (χ0v) is 6.57. The summed E-state index contributed by atoms with van der Waals surface area (Å²) in [6.45, 7) is 0. The van der Waals surface area contributed by atoms with Gasteiger partial charge in [0.05, 0.1) is 0 Å². The summed E-state index contributed by atoms with van der Waals surface area (Å²) in [5, 5.41) is 24.8. The maximum atomic E-state index is 8.25. The van der Waals surface area contributed by atoms with Crippen LogP contribution in [0.3, 0.4) is 0 Å². The molecule has 0 aliphatic heterocycles. The van der Waals surface area contributed by atoms with Crippen LogP contribution in [0.15, 0.2) is 0 Å². The van der Waals surface area contributed by atoms with Crippen LogP contribution < -0.4 is 15.3 Å². The van der Waals surface area contributed by atoms with Crippen molar-refractivity contribution in [2.24, 2.45) is 0 Å². The maximum Gasteiger partial charge on any atom is 0 e. The Hall–Kier alpha value is 0.424. The van der Waals surface area contributed by atoms with Crippen molar-refractivity contribution in [1.29, 1.82) is 0 Å². The third-order valence-electron chi connectivity index (χ3n) is 0. The monoisotopic (exact) mass is 162 g/mol. The van der Waals surface area contributed by atoms with E-state index in [9.17, 15) is 0 Å². The summed E-state index contributed by atoms with van der Waals surface area (Å²) in [6.07, 6.45) is 0. The molecule has 0 bridgehead atoms. The van der Waals surface area contributed by atoms with Crippen molar-refractivity contribution in [2.45, 2.75) is 0 Å². The molecule has 0 amide bonds. The van der Waals surface area contributed by atoms with E-state index >= 15 is 0 Å². The quantitative estimate of drug-likeness (QED) is 0.363. The Bertz CT molecular complexity index is 11.2. The Balaban J connectivity index is -0.00000000500. The van der Waals surface area contributed by atoms with Gasteiger partial charge in [-0.25, -0.2) is 0 Å². The SMILES string of the molecule is C[O-].C[O-].C[O-].O.[V]. The number of rotatable bonds is 0. The molecule has 0 saturated carbocycles. The van der Waals surface area contributed by atoms with Gasteiger partial charge in [0, 0.05) is 18.6 Å². The first-order valence-corrected chi connectivity index (χ1v) is 1.22. The molecule has 0 spiro atoms. The molecule has 0 aromatic rings. The molecule has 0 aromatic heterocycles. The zero-order valence-electron chi connectivity index (χ0n) is 5.17. The first-order chi connectivity index (χ1) is 3.00. The van der Waals surface area contributed by atoms with Crippen molar-refractivity contribution in [1.82, 2.24) is 0 Å².